The highest BCUT2D eigenvalue weighted by Gasteiger charge is 2.11. The first-order chi connectivity index (χ1) is 5.88. The third-order valence-corrected chi connectivity index (χ3v) is 1.53. The van der Waals surface area contributed by atoms with Crippen molar-refractivity contribution in [2.75, 3.05) is 0 Å². The standard InChI is InChI=1S/C9H6O3/c10-9(7-3-5-11-6-7)8-2-1-4-12-8/h1-6H. The van der Waals surface area contributed by atoms with Crippen molar-refractivity contribution < 1.29 is 13.6 Å². The monoisotopic (exact) mass is 162 g/mol. The molecular weight excluding hydrogens is 156 g/mol. The molecule has 2 heterocycles. The molecule has 0 unspecified atom stereocenters. The zero-order valence-electron chi connectivity index (χ0n) is 6.19. The van der Waals surface area contributed by atoms with Gasteiger partial charge in [-0.05, 0) is 18.2 Å². The molecule has 2 rings (SSSR count). The average molecular weight is 162 g/mol. The molecule has 0 fully saturated rings. The Morgan fingerprint density at radius 2 is 2.17 bits per heavy atom. The predicted octanol–water partition coefficient (Wildman–Crippen LogP) is 2.10. The molecule has 0 atom stereocenters. The second kappa shape index (κ2) is 2.70. The summed E-state index contributed by atoms with van der Waals surface area (Å²) in [4.78, 5) is 11.4. The van der Waals surface area contributed by atoms with E-state index in [0.717, 1.165) is 0 Å². The number of carbonyl (C=O) groups is 1. The Balaban J connectivity index is 2.34. The van der Waals surface area contributed by atoms with E-state index in [9.17, 15) is 4.79 Å². The van der Waals surface area contributed by atoms with E-state index in [0.29, 0.717) is 11.3 Å². The van der Waals surface area contributed by atoms with Crippen LogP contribution >= 0.6 is 0 Å². The first-order valence-electron chi connectivity index (χ1n) is 3.48. The lowest BCUT2D eigenvalue weighted by atomic mass is 10.2. The van der Waals surface area contributed by atoms with Gasteiger partial charge in [0.1, 0.15) is 6.26 Å². The van der Waals surface area contributed by atoms with Crippen LogP contribution < -0.4 is 0 Å². The van der Waals surface area contributed by atoms with E-state index in [4.69, 9.17) is 8.83 Å². The molecule has 0 saturated carbocycles. The maximum atomic E-state index is 11.4. The van der Waals surface area contributed by atoms with Crippen molar-refractivity contribution >= 4 is 5.78 Å². The molecule has 0 spiro atoms. The smallest absolute Gasteiger partial charge is 0.231 e. The van der Waals surface area contributed by atoms with Crippen molar-refractivity contribution in [1.29, 1.82) is 0 Å². The Morgan fingerprint density at radius 1 is 1.25 bits per heavy atom. The van der Waals surface area contributed by atoms with E-state index in [2.05, 4.69) is 0 Å². The summed E-state index contributed by atoms with van der Waals surface area (Å²) in [5.74, 6) is 0.171. The van der Waals surface area contributed by atoms with Gasteiger partial charge in [-0.2, -0.15) is 0 Å². The fraction of sp³-hybridized carbons (Fsp3) is 0. The van der Waals surface area contributed by atoms with Crippen LogP contribution in [0.2, 0.25) is 0 Å². The van der Waals surface area contributed by atoms with Crippen molar-refractivity contribution in [3.05, 3.63) is 48.3 Å². The number of hydrogen-bond donors (Lipinski definition) is 0. The maximum absolute atomic E-state index is 11.4. The molecule has 0 aliphatic rings. The molecule has 60 valence electrons. The molecular formula is C9H6O3. The minimum Gasteiger partial charge on any atom is -0.472 e. The van der Waals surface area contributed by atoms with Gasteiger partial charge in [-0.3, -0.25) is 4.79 Å². The second-order valence-corrected chi connectivity index (χ2v) is 2.32. The Kier molecular flexibility index (Phi) is 1.55. The number of carbonyl (C=O) groups excluding carboxylic acids is 1. The van der Waals surface area contributed by atoms with Crippen LogP contribution in [0.3, 0.4) is 0 Å². The van der Waals surface area contributed by atoms with Gasteiger partial charge in [0.15, 0.2) is 5.76 Å². The van der Waals surface area contributed by atoms with E-state index in [1.54, 1.807) is 18.2 Å². The highest BCUT2D eigenvalue weighted by Crippen LogP contribution is 2.09. The Bertz CT molecular complexity index is 320. The van der Waals surface area contributed by atoms with Crippen molar-refractivity contribution in [3.63, 3.8) is 0 Å². The Labute approximate surface area is 68.6 Å². The molecule has 0 bridgehead atoms. The Hall–Kier alpha value is -1.77. The lowest BCUT2D eigenvalue weighted by molar-refractivity contribution is 0.101. The number of hydrogen-bond acceptors (Lipinski definition) is 3. The zero-order chi connectivity index (χ0) is 8.39. The fourth-order valence-electron chi connectivity index (χ4n) is 0.944. The molecule has 0 aliphatic heterocycles. The summed E-state index contributed by atoms with van der Waals surface area (Å²) in [6.07, 6.45) is 4.31. The third-order valence-electron chi connectivity index (χ3n) is 1.53. The summed E-state index contributed by atoms with van der Waals surface area (Å²) in [7, 11) is 0. The van der Waals surface area contributed by atoms with Crippen molar-refractivity contribution in [2.45, 2.75) is 0 Å². The minimum absolute atomic E-state index is 0.159. The van der Waals surface area contributed by atoms with Crippen LogP contribution in [0, 0.1) is 0 Å². The fourth-order valence-corrected chi connectivity index (χ4v) is 0.944. The van der Waals surface area contributed by atoms with Gasteiger partial charge < -0.3 is 8.83 Å². The van der Waals surface area contributed by atoms with Crippen LogP contribution in [0.15, 0.2) is 45.8 Å². The van der Waals surface area contributed by atoms with Gasteiger partial charge in [0.2, 0.25) is 5.78 Å². The summed E-state index contributed by atoms with van der Waals surface area (Å²) in [6.45, 7) is 0. The van der Waals surface area contributed by atoms with Crippen LogP contribution in [-0.4, -0.2) is 5.78 Å². The van der Waals surface area contributed by atoms with Gasteiger partial charge in [0, 0.05) is 0 Å². The van der Waals surface area contributed by atoms with Gasteiger partial charge >= 0.3 is 0 Å². The third kappa shape index (κ3) is 1.05. The highest BCUT2D eigenvalue weighted by molar-refractivity contribution is 6.06. The lowest BCUT2D eigenvalue weighted by Crippen LogP contribution is -1.96. The van der Waals surface area contributed by atoms with E-state index < -0.39 is 0 Å². The molecule has 3 nitrogen and oxygen atoms in total. The average Bonchev–Trinajstić information content (AvgIpc) is 2.77. The van der Waals surface area contributed by atoms with Crippen LogP contribution in [-0.2, 0) is 0 Å². The topological polar surface area (TPSA) is 43.4 Å². The summed E-state index contributed by atoms with van der Waals surface area (Å²) >= 11 is 0. The number of furan rings is 2. The van der Waals surface area contributed by atoms with Gasteiger partial charge in [0.25, 0.3) is 0 Å². The lowest BCUT2D eigenvalue weighted by Gasteiger charge is -1.88. The summed E-state index contributed by atoms with van der Waals surface area (Å²) in [6, 6.07) is 4.90. The molecule has 0 N–H and O–H groups in total. The normalized spacial score (nSPS) is 10.0. The first kappa shape index (κ1) is 6.91. The van der Waals surface area contributed by atoms with Crippen molar-refractivity contribution in [1.82, 2.24) is 0 Å². The van der Waals surface area contributed by atoms with Gasteiger partial charge in [0.05, 0.1) is 18.1 Å². The second-order valence-electron chi connectivity index (χ2n) is 2.32. The molecule has 0 saturated heterocycles. The molecule has 12 heavy (non-hydrogen) atoms. The predicted molar refractivity (Wildman–Crippen MR) is 40.8 cm³/mol. The van der Waals surface area contributed by atoms with E-state index in [1.165, 1.54) is 18.8 Å². The first-order valence-corrected chi connectivity index (χ1v) is 3.48. The number of rotatable bonds is 2. The van der Waals surface area contributed by atoms with Crippen molar-refractivity contribution in [3.8, 4) is 0 Å². The van der Waals surface area contributed by atoms with Crippen LogP contribution in [0.5, 0.6) is 0 Å². The molecule has 0 radical (unpaired) electrons. The summed E-state index contributed by atoms with van der Waals surface area (Å²) < 4.78 is 9.70. The zero-order valence-corrected chi connectivity index (χ0v) is 6.19. The minimum atomic E-state index is -0.159. The molecule has 2 aromatic heterocycles. The Morgan fingerprint density at radius 3 is 2.75 bits per heavy atom. The highest BCUT2D eigenvalue weighted by atomic mass is 16.3. The SMILES string of the molecule is O=C(c1ccoc1)c1ccco1. The van der Waals surface area contributed by atoms with Gasteiger partial charge in [-0.15, -0.1) is 0 Å². The molecule has 0 amide bonds. The maximum Gasteiger partial charge on any atom is 0.231 e. The van der Waals surface area contributed by atoms with Crippen LogP contribution in [0.1, 0.15) is 16.1 Å². The van der Waals surface area contributed by atoms with Crippen molar-refractivity contribution in [2.24, 2.45) is 0 Å². The largest absolute Gasteiger partial charge is 0.472 e. The molecule has 2 aromatic rings. The van der Waals surface area contributed by atoms with Gasteiger partial charge in [-0.25, -0.2) is 0 Å². The number of ketones is 1. The van der Waals surface area contributed by atoms with Crippen LogP contribution in [0.4, 0.5) is 0 Å². The summed E-state index contributed by atoms with van der Waals surface area (Å²) in [5.41, 5.74) is 0.505. The molecule has 3 heteroatoms. The molecule has 0 aromatic carbocycles. The quantitative estimate of drug-likeness (QED) is 0.635. The van der Waals surface area contributed by atoms with E-state index in [1.807, 2.05) is 0 Å². The van der Waals surface area contributed by atoms with Gasteiger partial charge in [-0.1, -0.05) is 0 Å². The van der Waals surface area contributed by atoms with E-state index in [-0.39, 0.29) is 5.78 Å². The van der Waals surface area contributed by atoms with E-state index >= 15 is 0 Å². The molecule has 0 aliphatic carbocycles. The summed E-state index contributed by atoms with van der Waals surface area (Å²) in [5, 5.41) is 0. The van der Waals surface area contributed by atoms with Crippen LogP contribution in [0.25, 0.3) is 0 Å².